The van der Waals surface area contributed by atoms with Crippen LogP contribution in [0.1, 0.15) is 20.8 Å². The van der Waals surface area contributed by atoms with E-state index in [-0.39, 0.29) is 5.60 Å². The highest BCUT2D eigenvalue weighted by Gasteiger charge is 2.39. The summed E-state index contributed by atoms with van der Waals surface area (Å²) in [4.78, 5) is 6.50. The lowest BCUT2D eigenvalue weighted by molar-refractivity contribution is -0.221. The van der Waals surface area contributed by atoms with Crippen LogP contribution in [0.2, 0.25) is 0 Å². The predicted molar refractivity (Wildman–Crippen MR) is 97.1 cm³/mol. The fraction of sp³-hybridized carbons (Fsp3) is 0.400. The van der Waals surface area contributed by atoms with Gasteiger partial charge in [-0.3, -0.25) is 0 Å². The molecule has 1 heterocycles. The van der Waals surface area contributed by atoms with Crippen LogP contribution in [0.15, 0.2) is 54.6 Å². The summed E-state index contributed by atoms with van der Waals surface area (Å²) >= 11 is 0. The number of nitrogens with zero attached hydrogens (tertiary/aromatic N) is 1. The van der Waals surface area contributed by atoms with Gasteiger partial charge in [-0.2, -0.15) is 4.84 Å². The molecule has 1 saturated heterocycles. The lowest BCUT2D eigenvalue weighted by Crippen LogP contribution is -2.62. The molecule has 0 spiro atoms. The SMILES string of the molecule is CC(C)(C)O[N+]1(c2ccc(-c3ccccc3)cc2)CCNCC1. The van der Waals surface area contributed by atoms with Crippen LogP contribution in [0.25, 0.3) is 11.1 Å². The van der Waals surface area contributed by atoms with Crippen molar-refractivity contribution in [2.75, 3.05) is 26.2 Å². The van der Waals surface area contributed by atoms with Crippen molar-refractivity contribution in [3.05, 3.63) is 54.6 Å². The molecule has 2 aromatic rings. The van der Waals surface area contributed by atoms with Crippen LogP contribution in [0.4, 0.5) is 5.69 Å². The standard InChI is InChI=1S/C20H27N2O/c1-20(2,3)23-22(15-13-21-14-16-22)19-11-9-18(10-12-19)17-7-5-4-6-8-17/h4-12,21H,13-16H2,1-3H3/q+1. The average molecular weight is 311 g/mol. The zero-order valence-electron chi connectivity index (χ0n) is 14.4. The second-order valence-corrected chi connectivity index (χ2v) is 7.20. The zero-order valence-corrected chi connectivity index (χ0v) is 14.4. The first kappa shape index (κ1) is 16.2. The molecule has 0 radical (unpaired) electrons. The van der Waals surface area contributed by atoms with Gasteiger partial charge in [0.05, 0.1) is 0 Å². The molecule has 0 saturated carbocycles. The lowest BCUT2D eigenvalue weighted by Gasteiger charge is -2.42. The van der Waals surface area contributed by atoms with E-state index in [1.54, 1.807) is 0 Å². The molecule has 3 nitrogen and oxygen atoms in total. The normalized spacial score (nSPS) is 17.9. The van der Waals surface area contributed by atoms with Crippen LogP contribution in [0.3, 0.4) is 0 Å². The molecule has 3 heteroatoms. The van der Waals surface area contributed by atoms with E-state index in [4.69, 9.17) is 4.84 Å². The maximum absolute atomic E-state index is 6.50. The zero-order chi connectivity index (χ0) is 16.3. The Morgan fingerprint density at radius 2 is 1.39 bits per heavy atom. The van der Waals surface area contributed by atoms with Crippen LogP contribution in [-0.4, -0.2) is 31.8 Å². The van der Waals surface area contributed by atoms with Gasteiger partial charge in [-0.25, -0.2) is 0 Å². The quantitative estimate of drug-likeness (QED) is 0.865. The molecule has 0 bridgehead atoms. The number of benzene rings is 2. The number of hydrogen-bond donors (Lipinski definition) is 1. The molecule has 3 rings (SSSR count). The maximum Gasteiger partial charge on any atom is 0.165 e. The highest BCUT2D eigenvalue weighted by Crippen LogP contribution is 2.31. The minimum absolute atomic E-state index is 0.171. The smallest absolute Gasteiger partial charge is 0.165 e. The van der Waals surface area contributed by atoms with Gasteiger partial charge in [-0.05, 0) is 44.0 Å². The minimum Gasteiger partial charge on any atom is -0.306 e. The second kappa shape index (κ2) is 6.44. The fourth-order valence-corrected chi connectivity index (χ4v) is 3.24. The van der Waals surface area contributed by atoms with Crippen molar-refractivity contribution in [2.45, 2.75) is 26.4 Å². The van der Waals surface area contributed by atoms with Crippen molar-refractivity contribution >= 4 is 5.69 Å². The number of rotatable bonds is 3. The molecular weight excluding hydrogens is 284 g/mol. The molecule has 1 N–H and O–H groups in total. The molecule has 1 fully saturated rings. The third-order valence-electron chi connectivity index (χ3n) is 4.19. The summed E-state index contributed by atoms with van der Waals surface area (Å²) < 4.78 is 0.603. The minimum atomic E-state index is -0.171. The van der Waals surface area contributed by atoms with Gasteiger partial charge in [0, 0.05) is 25.2 Å². The molecular formula is C20H27N2O+. The van der Waals surface area contributed by atoms with E-state index in [0.29, 0.717) is 4.65 Å². The Kier molecular flexibility index (Phi) is 4.53. The van der Waals surface area contributed by atoms with Gasteiger partial charge in [0.1, 0.15) is 18.7 Å². The van der Waals surface area contributed by atoms with Crippen LogP contribution < -0.4 is 9.96 Å². The predicted octanol–water partition coefficient (Wildman–Crippen LogP) is 3.99. The summed E-state index contributed by atoms with van der Waals surface area (Å²) in [7, 11) is 0. The third kappa shape index (κ3) is 3.81. The Hall–Kier alpha value is -1.68. The molecule has 0 aromatic heterocycles. The first-order valence-corrected chi connectivity index (χ1v) is 8.43. The van der Waals surface area contributed by atoms with E-state index in [1.165, 1.54) is 16.8 Å². The molecule has 0 aliphatic carbocycles. The summed E-state index contributed by atoms with van der Waals surface area (Å²) in [5.74, 6) is 0. The largest absolute Gasteiger partial charge is 0.306 e. The van der Waals surface area contributed by atoms with Crippen molar-refractivity contribution in [1.29, 1.82) is 0 Å². The number of hydroxylamine groups is 2. The van der Waals surface area contributed by atoms with Crippen LogP contribution in [0.5, 0.6) is 0 Å². The summed E-state index contributed by atoms with van der Waals surface area (Å²) in [6.07, 6.45) is 0. The van der Waals surface area contributed by atoms with E-state index in [2.05, 4.69) is 80.7 Å². The monoisotopic (exact) mass is 311 g/mol. The van der Waals surface area contributed by atoms with Gasteiger partial charge < -0.3 is 5.32 Å². The van der Waals surface area contributed by atoms with Gasteiger partial charge in [0.2, 0.25) is 0 Å². The van der Waals surface area contributed by atoms with E-state index >= 15 is 0 Å². The summed E-state index contributed by atoms with van der Waals surface area (Å²) in [5.41, 5.74) is 3.57. The first-order valence-electron chi connectivity index (χ1n) is 8.43. The van der Waals surface area contributed by atoms with Gasteiger partial charge in [-0.1, -0.05) is 30.3 Å². The van der Waals surface area contributed by atoms with Gasteiger partial charge >= 0.3 is 0 Å². The molecule has 23 heavy (non-hydrogen) atoms. The van der Waals surface area contributed by atoms with Gasteiger partial charge in [0.15, 0.2) is 5.69 Å². The Labute approximate surface area is 139 Å². The Bertz CT molecular complexity index is 623. The number of hydrogen-bond acceptors (Lipinski definition) is 2. The van der Waals surface area contributed by atoms with Gasteiger partial charge in [0.25, 0.3) is 0 Å². The Morgan fingerprint density at radius 1 is 0.826 bits per heavy atom. The molecule has 0 unspecified atom stereocenters. The number of piperazine rings is 1. The van der Waals surface area contributed by atoms with Crippen LogP contribution in [0, 0.1) is 0 Å². The van der Waals surface area contributed by atoms with Crippen molar-refractivity contribution in [2.24, 2.45) is 0 Å². The average Bonchev–Trinajstić information content (AvgIpc) is 2.55. The van der Waals surface area contributed by atoms with E-state index in [1.807, 2.05) is 0 Å². The van der Waals surface area contributed by atoms with E-state index in [9.17, 15) is 0 Å². The topological polar surface area (TPSA) is 21.3 Å². The van der Waals surface area contributed by atoms with Crippen molar-refractivity contribution in [3.8, 4) is 11.1 Å². The van der Waals surface area contributed by atoms with Gasteiger partial charge in [-0.15, -0.1) is 4.65 Å². The van der Waals surface area contributed by atoms with Crippen LogP contribution in [-0.2, 0) is 4.84 Å². The molecule has 0 atom stereocenters. The summed E-state index contributed by atoms with van der Waals surface area (Å²) in [6, 6.07) is 19.4. The Morgan fingerprint density at radius 3 is 1.96 bits per heavy atom. The van der Waals surface area contributed by atoms with Crippen molar-refractivity contribution in [3.63, 3.8) is 0 Å². The third-order valence-corrected chi connectivity index (χ3v) is 4.19. The second-order valence-electron chi connectivity index (χ2n) is 7.20. The summed E-state index contributed by atoms with van der Waals surface area (Å²) in [5, 5.41) is 3.44. The molecule has 1 aliphatic heterocycles. The molecule has 1 aliphatic rings. The fourth-order valence-electron chi connectivity index (χ4n) is 3.24. The first-order chi connectivity index (χ1) is 11.0. The van der Waals surface area contributed by atoms with Crippen molar-refractivity contribution in [1.82, 2.24) is 9.96 Å². The van der Waals surface area contributed by atoms with E-state index < -0.39 is 0 Å². The molecule has 0 amide bonds. The summed E-state index contributed by atoms with van der Waals surface area (Å²) in [6.45, 7) is 10.3. The molecule has 2 aromatic carbocycles. The van der Waals surface area contributed by atoms with Crippen molar-refractivity contribution < 1.29 is 4.84 Å². The highest BCUT2D eigenvalue weighted by molar-refractivity contribution is 5.65. The highest BCUT2D eigenvalue weighted by atomic mass is 16.7. The number of nitrogens with one attached hydrogen (secondary N) is 1. The lowest BCUT2D eigenvalue weighted by atomic mass is 10.1. The number of quaternary nitrogens is 1. The molecule has 122 valence electrons. The van der Waals surface area contributed by atoms with Crippen LogP contribution >= 0.6 is 0 Å². The maximum atomic E-state index is 6.50. The Balaban J connectivity index is 1.91. The van der Waals surface area contributed by atoms with E-state index in [0.717, 1.165) is 26.2 Å².